The number of rotatable bonds is 4. The van der Waals surface area contributed by atoms with E-state index in [0.717, 1.165) is 11.2 Å². The fourth-order valence-electron chi connectivity index (χ4n) is 3.09. The summed E-state index contributed by atoms with van der Waals surface area (Å²) in [6, 6.07) is 9.51. The third-order valence-corrected chi connectivity index (χ3v) is 4.26. The Morgan fingerprint density at radius 2 is 1.77 bits per heavy atom. The van der Waals surface area contributed by atoms with Crippen LogP contribution < -0.4 is 0 Å². The Morgan fingerprint density at radius 1 is 1.04 bits per heavy atom. The van der Waals surface area contributed by atoms with Gasteiger partial charge in [-0.1, -0.05) is 0 Å². The van der Waals surface area contributed by atoms with Gasteiger partial charge in [-0.25, -0.2) is 23.1 Å². The summed E-state index contributed by atoms with van der Waals surface area (Å²) in [5.74, 6) is 0.115. The molecule has 0 spiro atoms. The highest BCUT2D eigenvalue weighted by molar-refractivity contribution is 5.79. The lowest BCUT2D eigenvalue weighted by Gasteiger charge is -2.12. The molecule has 7 heteroatoms. The number of hydrogen-bond donors (Lipinski definition) is 0. The van der Waals surface area contributed by atoms with Gasteiger partial charge in [0.15, 0.2) is 0 Å². The highest BCUT2D eigenvalue weighted by Crippen LogP contribution is 2.33. The Bertz CT molecular complexity index is 1060. The van der Waals surface area contributed by atoms with E-state index < -0.39 is 13.0 Å². The Hall–Kier alpha value is -3.09. The molecule has 1 aromatic carbocycles. The van der Waals surface area contributed by atoms with Crippen LogP contribution in [0.1, 0.15) is 5.82 Å². The lowest BCUT2D eigenvalue weighted by atomic mass is 10.1. The van der Waals surface area contributed by atoms with Gasteiger partial charge in [0.2, 0.25) is 0 Å². The number of aromatic nitrogens is 4. The molecular weight excluding hydrogens is 341 g/mol. The summed E-state index contributed by atoms with van der Waals surface area (Å²) in [4.78, 5) is 8.69. The molecule has 0 amide bonds. The van der Waals surface area contributed by atoms with Crippen molar-refractivity contribution in [1.82, 2.24) is 18.9 Å². The monoisotopic (exact) mass is 356 g/mol. The number of alkyl halides is 2. The average Bonchev–Trinajstić information content (AvgIpc) is 3.19. The molecule has 4 aromatic rings. The van der Waals surface area contributed by atoms with Crippen LogP contribution >= 0.6 is 0 Å². The molecule has 26 heavy (non-hydrogen) atoms. The van der Waals surface area contributed by atoms with Crippen LogP contribution in [-0.4, -0.2) is 25.4 Å². The zero-order valence-corrected chi connectivity index (χ0v) is 13.9. The molecular formula is C19H15F3N4. The Morgan fingerprint density at radius 3 is 2.50 bits per heavy atom. The van der Waals surface area contributed by atoms with Crippen LogP contribution in [0.5, 0.6) is 0 Å². The normalized spacial score (nSPS) is 11.6. The first-order valence-electron chi connectivity index (χ1n) is 8.07. The first-order valence-corrected chi connectivity index (χ1v) is 8.07. The first kappa shape index (κ1) is 16.4. The van der Waals surface area contributed by atoms with Crippen LogP contribution in [0.4, 0.5) is 13.2 Å². The van der Waals surface area contributed by atoms with Crippen molar-refractivity contribution in [3.63, 3.8) is 0 Å². The molecule has 0 N–H and O–H groups in total. The van der Waals surface area contributed by atoms with Crippen LogP contribution in [0.2, 0.25) is 0 Å². The number of hydrogen-bond acceptors (Lipinski definition) is 2. The molecule has 132 valence electrons. The van der Waals surface area contributed by atoms with E-state index in [-0.39, 0.29) is 5.82 Å². The number of pyridine rings is 1. The van der Waals surface area contributed by atoms with E-state index in [1.807, 2.05) is 22.7 Å². The van der Waals surface area contributed by atoms with Crippen molar-refractivity contribution in [2.24, 2.45) is 0 Å². The van der Waals surface area contributed by atoms with Gasteiger partial charge in [0.1, 0.15) is 17.3 Å². The van der Waals surface area contributed by atoms with E-state index in [0.29, 0.717) is 22.8 Å². The maximum Gasteiger partial charge on any atom is 0.256 e. The van der Waals surface area contributed by atoms with Crippen molar-refractivity contribution in [1.29, 1.82) is 0 Å². The number of nitrogens with zero attached hydrogens (tertiary/aromatic N) is 4. The van der Waals surface area contributed by atoms with Crippen molar-refractivity contribution < 1.29 is 13.2 Å². The molecule has 3 aromatic heterocycles. The highest BCUT2D eigenvalue weighted by Gasteiger charge is 2.20. The topological polar surface area (TPSA) is 35.1 Å². The molecule has 4 nitrogen and oxygen atoms in total. The van der Waals surface area contributed by atoms with E-state index in [9.17, 15) is 13.2 Å². The van der Waals surface area contributed by atoms with Crippen molar-refractivity contribution in [3.05, 3.63) is 66.6 Å². The van der Waals surface area contributed by atoms with Crippen molar-refractivity contribution in [3.8, 4) is 22.5 Å². The third kappa shape index (κ3) is 2.85. The van der Waals surface area contributed by atoms with E-state index in [2.05, 4.69) is 9.97 Å². The van der Waals surface area contributed by atoms with Gasteiger partial charge in [-0.05, 0) is 43.3 Å². The largest absolute Gasteiger partial charge is 0.322 e. The van der Waals surface area contributed by atoms with Gasteiger partial charge >= 0.3 is 0 Å². The molecule has 0 fully saturated rings. The van der Waals surface area contributed by atoms with Crippen LogP contribution in [0.25, 0.3) is 28.2 Å². The number of imidazole rings is 2. The Balaban J connectivity index is 1.95. The third-order valence-electron chi connectivity index (χ3n) is 4.26. The fraction of sp³-hybridized carbons (Fsp3) is 0.158. The molecule has 4 rings (SSSR count). The van der Waals surface area contributed by atoms with Gasteiger partial charge < -0.3 is 8.97 Å². The lowest BCUT2D eigenvalue weighted by molar-refractivity contribution is 0.126. The standard InChI is InChI=1S/C19H15F3N4/c1-12-24-18(13-2-5-15(20)6-3-13)19(26(12)11-16(21)22)14-4-7-17-23-8-9-25(17)10-14/h2-10,16H,11H2,1H3. The average molecular weight is 356 g/mol. The Kier molecular flexibility index (Phi) is 3.99. The van der Waals surface area contributed by atoms with Crippen LogP contribution in [0.3, 0.4) is 0 Å². The highest BCUT2D eigenvalue weighted by atomic mass is 19.3. The molecule has 0 unspecified atom stereocenters. The summed E-state index contributed by atoms with van der Waals surface area (Å²) in [5, 5.41) is 0. The minimum atomic E-state index is -2.51. The summed E-state index contributed by atoms with van der Waals surface area (Å²) in [6.07, 6.45) is 2.77. The zero-order valence-electron chi connectivity index (χ0n) is 13.9. The second kappa shape index (κ2) is 6.33. The summed E-state index contributed by atoms with van der Waals surface area (Å²) < 4.78 is 42.9. The molecule has 0 saturated heterocycles. The maximum atomic E-state index is 13.3. The smallest absolute Gasteiger partial charge is 0.256 e. The maximum absolute atomic E-state index is 13.3. The number of benzene rings is 1. The predicted octanol–water partition coefficient (Wildman–Crippen LogP) is 4.58. The van der Waals surface area contributed by atoms with Gasteiger partial charge in [0.25, 0.3) is 6.43 Å². The van der Waals surface area contributed by atoms with Gasteiger partial charge in [0.05, 0.1) is 17.9 Å². The fourth-order valence-corrected chi connectivity index (χ4v) is 3.09. The van der Waals surface area contributed by atoms with Gasteiger partial charge in [-0.2, -0.15) is 0 Å². The molecule has 0 atom stereocenters. The molecule has 0 saturated carbocycles. The predicted molar refractivity (Wildman–Crippen MR) is 92.5 cm³/mol. The second-order valence-electron chi connectivity index (χ2n) is 5.98. The quantitative estimate of drug-likeness (QED) is 0.537. The molecule has 0 aliphatic heterocycles. The second-order valence-corrected chi connectivity index (χ2v) is 5.98. The summed E-state index contributed by atoms with van der Waals surface area (Å²) in [7, 11) is 0. The Labute approximate surface area is 147 Å². The van der Waals surface area contributed by atoms with Gasteiger partial charge in [0, 0.05) is 29.7 Å². The lowest BCUT2D eigenvalue weighted by Crippen LogP contribution is -2.10. The van der Waals surface area contributed by atoms with Gasteiger partial charge in [-0.15, -0.1) is 0 Å². The van der Waals surface area contributed by atoms with E-state index >= 15 is 0 Å². The van der Waals surface area contributed by atoms with E-state index in [1.165, 1.54) is 16.7 Å². The molecule has 0 aliphatic rings. The SMILES string of the molecule is Cc1nc(-c2ccc(F)cc2)c(-c2ccc3nccn3c2)n1CC(F)F. The van der Waals surface area contributed by atoms with Crippen molar-refractivity contribution >= 4 is 5.65 Å². The van der Waals surface area contributed by atoms with Crippen LogP contribution in [0, 0.1) is 12.7 Å². The van der Waals surface area contributed by atoms with Crippen molar-refractivity contribution in [2.45, 2.75) is 19.9 Å². The van der Waals surface area contributed by atoms with E-state index in [4.69, 9.17) is 0 Å². The molecule has 3 heterocycles. The number of aryl methyl sites for hydroxylation is 1. The summed E-state index contributed by atoms with van der Waals surface area (Å²) in [6.45, 7) is 1.23. The summed E-state index contributed by atoms with van der Waals surface area (Å²) in [5.41, 5.74) is 3.28. The van der Waals surface area contributed by atoms with Gasteiger partial charge in [-0.3, -0.25) is 0 Å². The summed E-state index contributed by atoms with van der Waals surface area (Å²) >= 11 is 0. The molecule has 0 radical (unpaired) electrons. The molecule has 0 bridgehead atoms. The zero-order chi connectivity index (χ0) is 18.3. The van der Waals surface area contributed by atoms with Crippen LogP contribution in [-0.2, 0) is 6.54 Å². The van der Waals surface area contributed by atoms with Crippen molar-refractivity contribution in [2.75, 3.05) is 0 Å². The number of halogens is 3. The minimum Gasteiger partial charge on any atom is -0.322 e. The van der Waals surface area contributed by atoms with E-state index in [1.54, 1.807) is 31.5 Å². The minimum absolute atomic E-state index is 0.362. The molecule has 0 aliphatic carbocycles. The van der Waals surface area contributed by atoms with Crippen LogP contribution in [0.15, 0.2) is 55.0 Å². The number of fused-ring (bicyclic) bond motifs is 1. The first-order chi connectivity index (χ1) is 12.5.